The topological polar surface area (TPSA) is 115 Å². The van der Waals surface area contributed by atoms with Crippen molar-refractivity contribution in [1.82, 2.24) is 19.6 Å². The van der Waals surface area contributed by atoms with E-state index in [1.807, 2.05) is 0 Å². The van der Waals surface area contributed by atoms with Crippen LogP contribution in [0.4, 0.5) is 27.6 Å². The molecular formula is C19H13F5N6O2S. The quantitative estimate of drug-likeness (QED) is 0.420. The zero-order chi connectivity index (χ0) is 24.2. The van der Waals surface area contributed by atoms with Crippen molar-refractivity contribution >= 4 is 44.7 Å². The largest absolute Gasteiger partial charge is 0.433 e. The third kappa shape index (κ3) is 3.97. The predicted octanol–water partition coefficient (Wildman–Crippen LogP) is 4.26. The number of primary amides is 1. The number of thiophene rings is 1. The van der Waals surface area contributed by atoms with E-state index in [0.29, 0.717) is 21.4 Å². The van der Waals surface area contributed by atoms with Gasteiger partial charge in [-0.3, -0.25) is 9.59 Å². The van der Waals surface area contributed by atoms with Crippen LogP contribution in [0.25, 0.3) is 15.9 Å². The van der Waals surface area contributed by atoms with Crippen LogP contribution >= 0.6 is 11.3 Å². The van der Waals surface area contributed by atoms with E-state index in [4.69, 9.17) is 5.73 Å². The van der Waals surface area contributed by atoms with Gasteiger partial charge in [0.15, 0.2) is 11.3 Å². The summed E-state index contributed by atoms with van der Waals surface area (Å²) >= 11 is 0.707. The highest BCUT2D eigenvalue weighted by molar-refractivity contribution is 7.21. The van der Waals surface area contributed by atoms with Crippen LogP contribution in [0, 0.1) is 13.8 Å². The van der Waals surface area contributed by atoms with Crippen molar-refractivity contribution in [3.05, 3.63) is 51.4 Å². The Morgan fingerprint density at radius 2 is 1.85 bits per heavy atom. The first kappa shape index (κ1) is 22.5. The van der Waals surface area contributed by atoms with E-state index >= 15 is 0 Å². The van der Waals surface area contributed by atoms with Gasteiger partial charge >= 0.3 is 6.18 Å². The summed E-state index contributed by atoms with van der Waals surface area (Å²) in [6, 6.07) is 2.94. The molecule has 0 radical (unpaired) electrons. The minimum atomic E-state index is -4.75. The Hall–Kier alpha value is -3.68. The molecule has 0 atom stereocenters. The molecule has 4 aromatic heterocycles. The van der Waals surface area contributed by atoms with Gasteiger partial charge in [-0.1, -0.05) is 0 Å². The number of carbonyl (C=O) groups is 2. The number of fused-ring (bicyclic) bond motifs is 2. The second-order valence-corrected chi connectivity index (χ2v) is 8.05. The van der Waals surface area contributed by atoms with Crippen LogP contribution in [0.3, 0.4) is 0 Å². The summed E-state index contributed by atoms with van der Waals surface area (Å²) in [6.45, 7) is 2.85. The van der Waals surface area contributed by atoms with Crippen LogP contribution < -0.4 is 11.1 Å². The monoisotopic (exact) mass is 484 g/mol. The molecule has 0 aliphatic heterocycles. The van der Waals surface area contributed by atoms with Crippen LogP contribution in [0.1, 0.15) is 49.2 Å². The lowest BCUT2D eigenvalue weighted by Crippen LogP contribution is -2.18. The number of hydrogen-bond donors (Lipinski definition) is 2. The molecule has 0 aromatic carbocycles. The molecule has 4 aromatic rings. The number of amides is 2. The summed E-state index contributed by atoms with van der Waals surface area (Å²) in [4.78, 5) is 32.4. The molecule has 0 spiro atoms. The van der Waals surface area contributed by atoms with E-state index in [1.165, 1.54) is 13.8 Å². The summed E-state index contributed by atoms with van der Waals surface area (Å²) < 4.78 is 66.8. The fourth-order valence-corrected chi connectivity index (χ4v) is 4.37. The molecule has 33 heavy (non-hydrogen) atoms. The van der Waals surface area contributed by atoms with Crippen LogP contribution in [-0.2, 0) is 6.18 Å². The maximum Gasteiger partial charge on any atom is 0.433 e. The highest BCUT2D eigenvalue weighted by atomic mass is 32.1. The van der Waals surface area contributed by atoms with Crippen LogP contribution in [-0.4, -0.2) is 31.4 Å². The Morgan fingerprint density at radius 1 is 1.15 bits per heavy atom. The predicted molar refractivity (Wildman–Crippen MR) is 109 cm³/mol. The number of rotatable bonds is 4. The summed E-state index contributed by atoms with van der Waals surface area (Å²) in [6.07, 6.45) is -7.61. The smallest absolute Gasteiger partial charge is 0.365 e. The zero-order valence-corrected chi connectivity index (χ0v) is 17.6. The van der Waals surface area contributed by atoms with E-state index in [2.05, 4.69) is 20.4 Å². The molecule has 3 N–H and O–H groups in total. The highest BCUT2D eigenvalue weighted by Crippen LogP contribution is 2.38. The Morgan fingerprint density at radius 3 is 2.45 bits per heavy atom. The van der Waals surface area contributed by atoms with Gasteiger partial charge in [-0.05, 0) is 31.5 Å². The van der Waals surface area contributed by atoms with Crippen molar-refractivity contribution in [1.29, 1.82) is 0 Å². The first-order valence-electron chi connectivity index (χ1n) is 9.14. The van der Waals surface area contributed by atoms with E-state index in [0.717, 1.165) is 18.2 Å². The molecule has 172 valence electrons. The SMILES string of the molecule is Cc1cc(C(F)(F)F)n2nc(C(=O)Nc3c(C(N)=O)sc4nc(C(F)F)cc(C)c34)cc2n1. The molecular weight excluding hydrogens is 471 g/mol. The third-order valence-corrected chi connectivity index (χ3v) is 5.74. The number of alkyl halides is 5. The Labute approximate surface area is 185 Å². The average molecular weight is 484 g/mol. The van der Waals surface area contributed by atoms with Crippen molar-refractivity contribution in [2.24, 2.45) is 5.73 Å². The first-order valence-corrected chi connectivity index (χ1v) is 9.96. The number of anilines is 1. The lowest BCUT2D eigenvalue weighted by molar-refractivity contribution is -0.142. The first-order chi connectivity index (χ1) is 15.4. The molecule has 4 rings (SSSR count). The number of aryl methyl sites for hydroxylation is 2. The number of nitrogens with two attached hydrogens (primary N) is 1. The molecule has 0 bridgehead atoms. The van der Waals surface area contributed by atoms with Gasteiger partial charge in [0.1, 0.15) is 21.1 Å². The van der Waals surface area contributed by atoms with E-state index in [9.17, 15) is 31.5 Å². The molecule has 0 aliphatic carbocycles. The Kier molecular flexibility index (Phi) is 5.27. The van der Waals surface area contributed by atoms with Crippen LogP contribution in [0.15, 0.2) is 18.2 Å². The van der Waals surface area contributed by atoms with E-state index in [-0.39, 0.29) is 32.1 Å². The lowest BCUT2D eigenvalue weighted by atomic mass is 10.1. The van der Waals surface area contributed by atoms with Crippen LogP contribution in [0.2, 0.25) is 0 Å². The summed E-state index contributed by atoms with van der Waals surface area (Å²) in [7, 11) is 0. The number of aromatic nitrogens is 4. The number of carbonyl (C=O) groups excluding carboxylic acids is 2. The van der Waals surface area contributed by atoms with Gasteiger partial charge in [0, 0.05) is 17.1 Å². The van der Waals surface area contributed by atoms with Crippen molar-refractivity contribution in [2.75, 3.05) is 5.32 Å². The number of nitrogens with one attached hydrogen (secondary N) is 1. The molecule has 0 unspecified atom stereocenters. The van der Waals surface area contributed by atoms with E-state index < -0.39 is 41.5 Å². The zero-order valence-electron chi connectivity index (χ0n) is 16.8. The van der Waals surface area contributed by atoms with Gasteiger partial charge in [0.05, 0.1) is 5.69 Å². The van der Waals surface area contributed by atoms with Gasteiger partial charge in [-0.15, -0.1) is 11.3 Å². The Balaban J connectivity index is 1.82. The van der Waals surface area contributed by atoms with Gasteiger partial charge < -0.3 is 11.1 Å². The normalized spacial score (nSPS) is 12.1. The maximum atomic E-state index is 13.4. The molecule has 8 nitrogen and oxygen atoms in total. The highest BCUT2D eigenvalue weighted by Gasteiger charge is 2.35. The van der Waals surface area contributed by atoms with E-state index in [1.54, 1.807) is 0 Å². The summed E-state index contributed by atoms with van der Waals surface area (Å²) in [5.41, 5.74) is 3.38. The number of nitrogens with zero attached hydrogens (tertiary/aromatic N) is 4. The van der Waals surface area contributed by atoms with Crippen molar-refractivity contribution in [3.8, 4) is 0 Å². The molecule has 0 aliphatic rings. The minimum absolute atomic E-state index is 0.0426. The molecule has 0 saturated heterocycles. The third-order valence-electron chi connectivity index (χ3n) is 4.64. The average Bonchev–Trinajstić information content (AvgIpc) is 3.28. The fourth-order valence-electron chi connectivity index (χ4n) is 3.30. The van der Waals surface area contributed by atoms with Crippen molar-refractivity contribution in [3.63, 3.8) is 0 Å². The van der Waals surface area contributed by atoms with Crippen LogP contribution in [0.5, 0.6) is 0 Å². The van der Waals surface area contributed by atoms with Crippen molar-refractivity contribution < 1.29 is 31.5 Å². The number of halogens is 5. The fraction of sp³-hybridized carbons (Fsp3) is 0.211. The molecule has 14 heteroatoms. The molecule has 4 heterocycles. The maximum absolute atomic E-state index is 13.4. The van der Waals surface area contributed by atoms with Gasteiger partial charge in [-0.2, -0.15) is 18.3 Å². The molecule has 0 saturated carbocycles. The molecule has 2 amide bonds. The minimum Gasteiger partial charge on any atom is -0.365 e. The molecule has 0 fully saturated rings. The standard InChI is InChI=1S/C19H13F5N6O2S/c1-6-3-8(15(20)21)27-18-12(6)13(14(33-18)16(25)31)28-17(32)9-5-11-26-7(2)4-10(19(22,23)24)30(11)29-9/h3-5,15H,1-2H3,(H2,25,31)(H,28,32). The second kappa shape index (κ2) is 7.72. The van der Waals surface area contributed by atoms with Gasteiger partial charge in [-0.25, -0.2) is 23.3 Å². The summed E-state index contributed by atoms with van der Waals surface area (Å²) in [5, 5.41) is 6.33. The number of hydrogen-bond acceptors (Lipinski definition) is 6. The van der Waals surface area contributed by atoms with Gasteiger partial charge in [0.2, 0.25) is 0 Å². The summed E-state index contributed by atoms with van der Waals surface area (Å²) in [5.74, 6) is -1.90. The second-order valence-electron chi connectivity index (χ2n) is 7.05. The van der Waals surface area contributed by atoms with Crippen molar-refractivity contribution in [2.45, 2.75) is 26.4 Å². The lowest BCUT2D eigenvalue weighted by Gasteiger charge is -2.09. The number of pyridine rings is 1. The Bertz CT molecular complexity index is 1440. The van der Waals surface area contributed by atoms with Gasteiger partial charge in [0.25, 0.3) is 18.2 Å².